The summed E-state index contributed by atoms with van der Waals surface area (Å²) in [6.45, 7) is 2.22. The van der Waals surface area contributed by atoms with E-state index in [0.29, 0.717) is 12.5 Å². The Morgan fingerprint density at radius 1 is 1.40 bits per heavy atom. The van der Waals surface area contributed by atoms with E-state index in [9.17, 15) is 4.79 Å². The van der Waals surface area contributed by atoms with Crippen LogP contribution in [0.3, 0.4) is 0 Å². The normalized spacial score (nSPS) is 17.2. The number of fused-ring (bicyclic) bond motifs is 1. The summed E-state index contributed by atoms with van der Waals surface area (Å²) < 4.78 is 10.8. The second-order valence-corrected chi connectivity index (χ2v) is 5.42. The molecule has 0 N–H and O–H groups in total. The number of carbonyl (C=O) groups excluding carboxylic acids is 1. The van der Waals surface area contributed by atoms with E-state index in [1.54, 1.807) is 0 Å². The highest BCUT2D eigenvalue weighted by molar-refractivity contribution is 5.73. The van der Waals surface area contributed by atoms with Crippen LogP contribution in [0.2, 0.25) is 0 Å². The Morgan fingerprint density at radius 2 is 2.25 bits per heavy atom. The average molecular weight is 276 g/mol. The van der Waals surface area contributed by atoms with Crippen LogP contribution >= 0.6 is 0 Å². The number of carbonyl (C=O) groups is 1. The molecule has 3 heteroatoms. The lowest BCUT2D eigenvalue weighted by Gasteiger charge is -2.27. The van der Waals surface area contributed by atoms with Gasteiger partial charge in [-0.25, -0.2) is 0 Å². The Bertz CT molecular complexity index is 454. The summed E-state index contributed by atoms with van der Waals surface area (Å²) in [6, 6.07) is 5.98. The molecule has 110 valence electrons. The van der Waals surface area contributed by atoms with E-state index in [-0.39, 0.29) is 5.97 Å². The molecule has 0 spiro atoms. The van der Waals surface area contributed by atoms with Crippen molar-refractivity contribution < 1.29 is 14.3 Å². The molecule has 20 heavy (non-hydrogen) atoms. The Labute approximate surface area is 121 Å². The van der Waals surface area contributed by atoms with Crippen molar-refractivity contribution in [3.63, 3.8) is 0 Å². The van der Waals surface area contributed by atoms with Crippen molar-refractivity contribution in [1.29, 1.82) is 0 Å². The number of rotatable bonds is 6. The summed E-state index contributed by atoms with van der Waals surface area (Å²) in [5, 5.41) is 0. The second-order valence-electron chi connectivity index (χ2n) is 5.42. The fourth-order valence-corrected chi connectivity index (χ4v) is 2.77. The maximum atomic E-state index is 11.4. The van der Waals surface area contributed by atoms with E-state index < -0.39 is 0 Å². The first kappa shape index (κ1) is 14.9. The first-order chi connectivity index (χ1) is 9.74. The van der Waals surface area contributed by atoms with Gasteiger partial charge in [-0.3, -0.25) is 4.79 Å². The smallest absolute Gasteiger partial charge is 0.309 e. The third kappa shape index (κ3) is 3.75. The molecule has 0 saturated carbocycles. The lowest BCUT2D eigenvalue weighted by Crippen LogP contribution is -2.23. The Hall–Kier alpha value is -1.51. The van der Waals surface area contributed by atoms with Gasteiger partial charge in [-0.1, -0.05) is 31.9 Å². The molecule has 0 bridgehead atoms. The molecule has 0 saturated heterocycles. The van der Waals surface area contributed by atoms with Gasteiger partial charge in [0, 0.05) is 0 Å². The van der Waals surface area contributed by atoms with Crippen LogP contribution in [-0.2, 0) is 22.4 Å². The molecule has 0 aromatic heterocycles. The van der Waals surface area contributed by atoms with Gasteiger partial charge in [0.1, 0.15) is 5.75 Å². The fourth-order valence-electron chi connectivity index (χ4n) is 2.77. The number of benzene rings is 1. The van der Waals surface area contributed by atoms with Crippen LogP contribution in [0.15, 0.2) is 18.2 Å². The monoisotopic (exact) mass is 276 g/mol. The highest BCUT2D eigenvalue weighted by Crippen LogP contribution is 2.32. The molecule has 1 aromatic rings. The van der Waals surface area contributed by atoms with E-state index in [0.717, 1.165) is 30.6 Å². The molecular formula is C17H24O3. The molecule has 0 amide bonds. The van der Waals surface area contributed by atoms with Gasteiger partial charge in [-0.15, -0.1) is 0 Å². The van der Waals surface area contributed by atoms with Crippen LogP contribution < -0.4 is 4.74 Å². The minimum atomic E-state index is -0.191. The third-order valence-corrected chi connectivity index (χ3v) is 3.93. The van der Waals surface area contributed by atoms with Gasteiger partial charge in [-0.2, -0.15) is 0 Å². The maximum Gasteiger partial charge on any atom is 0.309 e. The molecule has 0 fully saturated rings. The van der Waals surface area contributed by atoms with Crippen LogP contribution in [-0.4, -0.2) is 19.2 Å². The molecule has 0 radical (unpaired) electrons. The zero-order valence-corrected chi connectivity index (χ0v) is 12.5. The predicted octanol–water partition coefficient (Wildman–Crippen LogP) is 3.68. The third-order valence-electron chi connectivity index (χ3n) is 3.93. The van der Waals surface area contributed by atoms with Crippen molar-refractivity contribution in [3.8, 4) is 5.75 Å². The SMILES string of the molecule is CCCCCC1CCc2c(CC(=O)OC)cccc2O1. The standard InChI is InChI=1S/C17H24O3/c1-3-4-5-8-14-10-11-15-13(12-17(18)19-2)7-6-9-16(15)20-14/h6-7,9,14H,3-5,8,10-12H2,1-2H3. The molecular weight excluding hydrogens is 252 g/mol. The Balaban J connectivity index is 2.02. The number of methoxy groups -OCH3 is 1. The summed E-state index contributed by atoms with van der Waals surface area (Å²) in [5.74, 6) is 0.766. The molecule has 1 unspecified atom stereocenters. The second kappa shape index (κ2) is 7.32. The summed E-state index contributed by atoms with van der Waals surface area (Å²) in [7, 11) is 1.43. The van der Waals surface area contributed by atoms with Gasteiger partial charge in [-0.05, 0) is 42.9 Å². The average Bonchev–Trinajstić information content (AvgIpc) is 2.47. The Kier molecular flexibility index (Phi) is 5.45. The highest BCUT2D eigenvalue weighted by Gasteiger charge is 2.22. The zero-order valence-electron chi connectivity index (χ0n) is 12.5. The minimum absolute atomic E-state index is 0.191. The van der Waals surface area contributed by atoms with Gasteiger partial charge >= 0.3 is 5.97 Å². The van der Waals surface area contributed by atoms with E-state index in [2.05, 4.69) is 6.92 Å². The van der Waals surface area contributed by atoms with Gasteiger partial charge in [0.15, 0.2) is 0 Å². The zero-order chi connectivity index (χ0) is 14.4. The van der Waals surface area contributed by atoms with Crippen molar-refractivity contribution in [2.45, 2.75) is 58.0 Å². The Morgan fingerprint density at radius 3 is 3.00 bits per heavy atom. The number of hydrogen-bond donors (Lipinski definition) is 0. The molecule has 1 heterocycles. The van der Waals surface area contributed by atoms with Crippen LogP contribution in [0, 0.1) is 0 Å². The van der Waals surface area contributed by atoms with Crippen molar-refractivity contribution >= 4 is 5.97 Å². The quantitative estimate of drug-likeness (QED) is 0.587. The molecule has 1 aliphatic heterocycles. The summed E-state index contributed by atoms with van der Waals surface area (Å²) >= 11 is 0. The topological polar surface area (TPSA) is 35.5 Å². The van der Waals surface area contributed by atoms with Crippen molar-refractivity contribution in [3.05, 3.63) is 29.3 Å². The van der Waals surface area contributed by atoms with E-state index in [4.69, 9.17) is 9.47 Å². The van der Waals surface area contributed by atoms with Gasteiger partial charge in [0.05, 0.1) is 19.6 Å². The number of hydrogen-bond acceptors (Lipinski definition) is 3. The van der Waals surface area contributed by atoms with E-state index in [1.807, 2.05) is 18.2 Å². The molecule has 1 atom stereocenters. The predicted molar refractivity (Wildman–Crippen MR) is 79.0 cm³/mol. The first-order valence-electron chi connectivity index (χ1n) is 7.58. The largest absolute Gasteiger partial charge is 0.490 e. The van der Waals surface area contributed by atoms with Crippen LogP contribution in [0.1, 0.15) is 50.2 Å². The van der Waals surface area contributed by atoms with E-state index in [1.165, 1.54) is 31.9 Å². The highest BCUT2D eigenvalue weighted by atomic mass is 16.5. The number of esters is 1. The molecule has 2 rings (SSSR count). The number of ether oxygens (including phenoxy) is 2. The maximum absolute atomic E-state index is 11.4. The summed E-state index contributed by atoms with van der Waals surface area (Å²) in [4.78, 5) is 11.4. The van der Waals surface area contributed by atoms with Gasteiger partial charge in [0.2, 0.25) is 0 Å². The van der Waals surface area contributed by atoms with E-state index >= 15 is 0 Å². The van der Waals surface area contributed by atoms with Crippen LogP contribution in [0.25, 0.3) is 0 Å². The fraction of sp³-hybridized carbons (Fsp3) is 0.588. The minimum Gasteiger partial charge on any atom is -0.490 e. The molecule has 1 aliphatic rings. The first-order valence-corrected chi connectivity index (χ1v) is 7.58. The van der Waals surface area contributed by atoms with Crippen molar-refractivity contribution in [1.82, 2.24) is 0 Å². The van der Waals surface area contributed by atoms with Crippen LogP contribution in [0.4, 0.5) is 0 Å². The van der Waals surface area contributed by atoms with Gasteiger partial charge < -0.3 is 9.47 Å². The summed E-state index contributed by atoms with van der Waals surface area (Å²) in [5.41, 5.74) is 2.23. The molecule has 1 aromatic carbocycles. The lowest BCUT2D eigenvalue weighted by atomic mass is 9.94. The summed E-state index contributed by atoms with van der Waals surface area (Å²) in [6.07, 6.45) is 7.61. The van der Waals surface area contributed by atoms with Crippen molar-refractivity contribution in [2.24, 2.45) is 0 Å². The van der Waals surface area contributed by atoms with Gasteiger partial charge in [0.25, 0.3) is 0 Å². The van der Waals surface area contributed by atoms with Crippen molar-refractivity contribution in [2.75, 3.05) is 7.11 Å². The number of unbranched alkanes of at least 4 members (excludes halogenated alkanes) is 2. The lowest BCUT2D eigenvalue weighted by molar-refractivity contribution is -0.139. The van der Waals surface area contributed by atoms with Crippen LogP contribution in [0.5, 0.6) is 5.75 Å². The molecule has 3 nitrogen and oxygen atoms in total. The molecule has 0 aliphatic carbocycles.